The van der Waals surface area contributed by atoms with Crippen LogP contribution in [0.1, 0.15) is 55.2 Å². The van der Waals surface area contributed by atoms with Crippen LogP contribution in [0.2, 0.25) is 5.02 Å². The molecule has 0 spiro atoms. The molecule has 1 aromatic heterocycles. The predicted molar refractivity (Wildman–Crippen MR) is 305 cm³/mol. The average Bonchev–Trinajstić information content (AvgIpc) is 3.95. The van der Waals surface area contributed by atoms with Crippen molar-refractivity contribution in [1.82, 2.24) is 9.47 Å². The van der Waals surface area contributed by atoms with Gasteiger partial charge in [0.1, 0.15) is 0 Å². The van der Waals surface area contributed by atoms with Crippen molar-refractivity contribution in [3.8, 4) is 22.4 Å². The van der Waals surface area contributed by atoms with Gasteiger partial charge in [-0.1, -0.05) is 54.1 Å². The zero-order valence-electron chi connectivity index (χ0n) is 43.0. The van der Waals surface area contributed by atoms with Crippen molar-refractivity contribution >= 4 is 82.6 Å². The highest BCUT2D eigenvalue weighted by molar-refractivity contribution is 7.99. The molecule has 0 amide bonds. The number of aromatic carboxylic acids is 1. The van der Waals surface area contributed by atoms with E-state index >= 15 is 4.57 Å². The van der Waals surface area contributed by atoms with Crippen LogP contribution in [-0.4, -0.2) is 122 Å². The van der Waals surface area contributed by atoms with Crippen molar-refractivity contribution < 1.29 is 46.3 Å². The standard InChI is InChI=1S/C55H65ClN6O10P2S2/c1-38(2)62-39(3)52(55(63)64)53(54(62)40-13-15-42(56)16-14-40)41-9-8-10-46(35-41)60-31-29-59(30-32-60)44-17-19-45(20-18-44)61-33-34-71-73(61,65)48-21-22-50(51(36-48)76(4,69)70)57-43(37-75-49-11-6-5-7-12-49)23-26-58-27-24-47(25-28-58)72-74(66,67)68/h5-22,35-36,38,43,47,57H,23-34,37H2,1-4H3,(H,63,64)(H2,66,67,68)/t43-,73-/m1/s1. The Morgan fingerprint density at radius 2 is 1.50 bits per heavy atom. The third-order valence-electron chi connectivity index (χ3n) is 14.3. The molecule has 2 atom stereocenters. The molecule has 76 heavy (non-hydrogen) atoms. The first-order valence-corrected chi connectivity index (χ1v) is 31.8. The average molecular weight is 1130 g/mol. The van der Waals surface area contributed by atoms with E-state index in [-0.39, 0.29) is 34.5 Å². The Hall–Kier alpha value is -5.10. The fourth-order valence-corrected chi connectivity index (χ4v) is 15.6. The van der Waals surface area contributed by atoms with Crippen LogP contribution in [0.25, 0.3) is 22.4 Å². The SMILES string of the molecule is Cc1c(C(=O)O)c(-c2cccc(N3CCN(c4ccc(N5CCO[P@]5(=O)c5ccc(N[C@H](CCN6CCC(OP(=O)(O)O)CC6)CSc6ccccc6)c(S(C)(=O)=O)c5)cc4)CC3)c2)c(-c2ccc(Cl)cc2)n1C(C)C. The fraction of sp³-hybridized carbons (Fsp3) is 0.364. The Kier molecular flexibility index (Phi) is 17.2. The Labute approximate surface area is 454 Å². The van der Waals surface area contributed by atoms with E-state index in [1.807, 2.05) is 97.9 Å². The second kappa shape index (κ2) is 23.5. The molecule has 404 valence electrons. The molecule has 3 aliphatic rings. The van der Waals surface area contributed by atoms with Crippen LogP contribution in [0, 0.1) is 6.92 Å². The van der Waals surface area contributed by atoms with Crippen LogP contribution in [0.4, 0.5) is 22.7 Å². The lowest BCUT2D eigenvalue weighted by Crippen LogP contribution is -2.46. The smallest absolute Gasteiger partial charge is 0.469 e. The normalized spacial score (nSPS) is 18.4. The number of piperazine rings is 1. The number of phosphoric acid groups is 1. The lowest BCUT2D eigenvalue weighted by Gasteiger charge is -2.37. The van der Waals surface area contributed by atoms with E-state index < -0.39 is 37.3 Å². The van der Waals surface area contributed by atoms with Gasteiger partial charge in [0.25, 0.3) is 0 Å². The number of hydrogen-bond acceptors (Lipinski definition) is 12. The number of nitrogens with zero attached hydrogens (tertiary/aromatic N) is 5. The van der Waals surface area contributed by atoms with Gasteiger partial charge in [-0.15, -0.1) is 11.8 Å². The first-order valence-electron chi connectivity index (χ1n) is 25.5. The summed E-state index contributed by atoms with van der Waals surface area (Å²) in [6.45, 7) is 11.3. The molecule has 0 radical (unpaired) electrons. The minimum atomic E-state index is -4.57. The Bertz CT molecular complexity index is 3240. The number of benzene rings is 5. The number of anilines is 4. The molecule has 3 saturated heterocycles. The van der Waals surface area contributed by atoms with Crippen molar-refractivity contribution in [3.05, 3.63) is 138 Å². The maximum absolute atomic E-state index is 15.0. The molecule has 0 aliphatic carbocycles. The zero-order chi connectivity index (χ0) is 53.9. The molecule has 3 fully saturated rings. The number of likely N-dealkylation sites (tertiary alicyclic amines) is 1. The second-order valence-electron chi connectivity index (χ2n) is 19.8. The summed E-state index contributed by atoms with van der Waals surface area (Å²) in [7, 11) is -12.2. The largest absolute Gasteiger partial charge is 0.478 e. The van der Waals surface area contributed by atoms with E-state index in [1.54, 1.807) is 28.6 Å². The first kappa shape index (κ1) is 55.6. The van der Waals surface area contributed by atoms with Crippen LogP contribution in [0.3, 0.4) is 0 Å². The number of phosphoric ester groups is 1. The summed E-state index contributed by atoms with van der Waals surface area (Å²) in [5, 5.41) is 15.0. The van der Waals surface area contributed by atoms with E-state index in [0.29, 0.717) is 78.8 Å². The Morgan fingerprint density at radius 3 is 2.13 bits per heavy atom. The predicted octanol–water partition coefficient (Wildman–Crippen LogP) is 10.7. The number of carboxylic acid groups (broad SMARTS) is 1. The number of rotatable bonds is 19. The summed E-state index contributed by atoms with van der Waals surface area (Å²) in [5.74, 6) is -0.352. The van der Waals surface area contributed by atoms with Crippen molar-refractivity contribution in [2.45, 2.75) is 68.0 Å². The first-order chi connectivity index (χ1) is 36.3. The number of hydrogen-bond donors (Lipinski definition) is 4. The Balaban J connectivity index is 0.885. The van der Waals surface area contributed by atoms with Crippen LogP contribution >= 0.6 is 38.7 Å². The monoisotopic (exact) mass is 1130 g/mol. The molecule has 4 N–H and O–H groups in total. The van der Waals surface area contributed by atoms with E-state index in [9.17, 15) is 32.7 Å². The number of halogens is 1. The van der Waals surface area contributed by atoms with E-state index in [0.717, 1.165) is 65.5 Å². The molecule has 3 aliphatic heterocycles. The summed E-state index contributed by atoms with van der Waals surface area (Å²) >= 11 is 7.94. The van der Waals surface area contributed by atoms with Crippen LogP contribution in [-0.2, 0) is 28.0 Å². The maximum Gasteiger partial charge on any atom is 0.469 e. The van der Waals surface area contributed by atoms with Gasteiger partial charge in [0.15, 0.2) is 9.84 Å². The van der Waals surface area contributed by atoms with Crippen molar-refractivity contribution in [1.29, 1.82) is 0 Å². The molecule has 4 heterocycles. The highest BCUT2D eigenvalue weighted by Crippen LogP contribution is 2.56. The molecule has 0 bridgehead atoms. The van der Waals surface area contributed by atoms with Gasteiger partial charge in [0, 0.05) is 108 Å². The van der Waals surface area contributed by atoms with Gasteiger partial charge < -0.3 is 44.0 Å². The molecular formula is C55H65ClN6O10P2S2. The number of thioether (sulfide) groups is 1. The van der Waals surface area contributed by atoms with Gasteiger partial charge in [-0.3, -0.25) is 13.8 Å². The molecule has 9 rings (SSSR count). The number of nitrogens with one attached hydrogen (secondary N) is 1. The highest BCUT2D eigenvalue weighted by atomic mass is 35.5. The maximum atomic E-state index is 15.0. The van der Waals surface area contributed by atoms with Gasteiger partial charge in [0.05, 0.1) is 46.4 Å². The Morgan fingerprint density at radius 1 is 0.842 bits per heavy atom. The summed E-state index contributed by atoms with van der Waals surface area (Å²) in [4.78, 5) is 39.5. The fourth-order valence-electron chi connectivity index (χ4n) is 10.7. The summed E-state index contributed by atoms with van der Waals surface area (Å²) in [6, 6.07) is 38.2. The van der Waals surface area contributed by atoms with Gasteiger partial charge in [-0.25, -0.2) is 17.8 Å². The number of aromatic nitrogens is 1. The van der Waals surface area contributed by atoms with E-state index in [2.05, 4.69) is 50.6 Å². The summed E-state index contributed by atoms with van der Waals surface area (Å²) < 4.78 is 68.5. The van der Waals surface area contributed by atoms with Gasteiger partial charge in [-0.05, 0) is 130 Å². The molecule has 0 unspecified atom stereocenters. The van der Waals surface area contributed by atoms with E-state index in [1.165, 1.54) is 6.07 Å². The van der Waals surface area contributed by atoms with Crippen molar-refractivity contribution in [2.75, 3.05) is 90.8 Å². The third kappa shape index (κ3) is 12.7. The lowest BCUT2D eigenvalue weighted by molar-refractivity contribution is 0.0690. The number of carbonyl (C=O) groups is 1. The van der Waals surface area contributed by atoms with Gasteiger partial charge >= 0.3 is 21.3 Å². The quantitative estimate of drug-likeness (QED) is 0.0441. The topological polar surface area (TPSA) is 194 Å². The molecular weight excluding hydrogens is 1070 g/mol. The molecule has 5 aromatic carbocycles. The van der Waals surface area contributed by atoms with E-state index in [4.69, 9.17) is 20.6 Å². The third-order valence-corrected chi connectivity index (χ3v) is 20.0. The lowest BCUT2D eigenvalue weighted by atomic mass is 9.96. The van der Waals surface area contributed by atoms with Crippen molar-refractivity contribution in [2.24, 2.45) is 0 Å². The minimum absolute atomic E-state index is 0.00597. The number of sulfone groups is 1. The van der Waals surface area contributed by atoms with Crippen LogP contribution in [0.15, 0.2) is 131 Å². The molecule has 0 saturated carbocycles. The summed E-state index contributed by atoms with van der Waals surface area (Å²) in [6.07, 6.45) is 2.27. The zero-order valence-corrected chi connectivity index (χ0v) is 47.2. The highest BCUT2D eigenvalue weighted by Gasteiger charge is 2.41. The second-order valence-corrected chi connectivity index (χ2v) is 26.8. The number of carboxylic acids is 1. The summed E-state index contributed by atoms with van der Waals surface area (Å²) in [5.41, 5.74) is 7.30. The number of piperidine rings is 1. The van der Waals surface area contributed by atoms with Crippen LogP contribution < -0.4 is 25.1 Å². The molecule has 16 nitrogen and oxygen atoms in total. The molecule has 6 aromatic rings. The van der Waals surface area contributed by atoms with Crippen molar-refractivity contribution in [3.63, 3.8) is 0 Å². The minimum Gasteiger partial charge on any atom is -0.478 e. The molecule has 21 heteroatoms. The van der Waals surface area contributed by atoms with Crippen LogP contribution in [0.5, 0.6) is 0 Å². The van der Waals surface area contributed by atoms with Gasteiger partial charge in [-0.2, -0.15) is 0 Å². The van der Waals surface area contributed by atoms with Gasteiger partial charge in [0.2, 0.25) is 0 Å².